The molecule has 0 aliphatic heterocycles. The molecule has 2 amide bonds. The SMILES string of the molecule is CCc1c(F)ccc(F)c1F.CS(=O)c1ccc(NC(=O)Nc2ccc(C(=N)N)cc2)cc1. The van der Waals surface area contributed by atoms with Crippen molar-refractivity contribution in [3.8, 4) is 0 Å². The number of hydrogen-bond acceptors (Lipinski definition) is 3. The summed E-state index contributed by atoms with van der Waals surface area (Å²) in [5, 5.41) is 12.7. The molecule has 0 radical (unpaired) electrons. The molecule has 0 aliphatic rings. The van der Waals surface area contributed by atoms with E-state index >= 15 is 0 Å². The number of halogens is 3. The molecule has 10 heteroatoms. The van der Waals surface area contributed by atoms with Gasteiger partial charge in [0, 0.05) is 44.5 Å². The third-order valence-electron chi connectivity index (χ3n) is 4.39. The second-order valence-corrected chi connectivity index (χ2v) is 8.10. The normalized spacial score (nSPS) is 11.1. The number of nitrogens with two attached hydrogens (primary N) is 1. The molecule has 0 saturated heterocycles. The summed E-state index contributed by atoms with van der Waals surface area (Å²) in [5.41, 5.74) is 6.96. The van der Waals surface area contributed by atoms with Crippen molar-refractivity contribution in [1.82, 2.24) is 0 Å². The molecule has 1 atom stereocenters. The molecular formula is C23H23F3N4O2S. The lowest BCUT2D eigenvalue weighted by atomic mass is 10.1. The third kappa shape index (κ3) is 7.46. The topological polar surface area (TPSA) is 108 Å². The van der Waals surface area contributed by atoms with Crippen LogP contribution in [-0.4, -0.2) is 22.3 Å². The molecule has 3 aromatic carbocycles. The van der Waals surface area contributed by atoms with Crippen LogP contribution >= 0.6 is 0 Å². The second-order valence-electron chi connectivity index (χ2n) is 6.72. The van der Waals surface area contributed by atoms with Crippen LogP contribution in [0.5, 0.6) is 0 Å². The van der Waals surface area contributed by atoms with Gasteiger partial charge in [-0.3, -0.25) is 9.62 Å². The molecule has 6 nitrogen and oxygen atoms in total. The molecule has 0 aliphatic carbocycles. The zero-order chi connectivity index (χ0) is 24.5. The summed E-state index contributed by atoms with van der Waals surface area (Å²) < 4.78 is 49.0. The summed E-state index contributed by atoms with van der Waals surface area (Å²) in [4.78, 5) is 12.6. The van der Waals surface area contributed by atoms with Crippen molar-refractivity contribution < 1.29 is 22.2 Å². The minimum absolute atomic E-state index is 0.0237. The molecule has 3 rings (SSSR count). The molecule has 3 aromatic rings. The fourth-order valence-electron chi connectivity index (χ4n) is 2.65. The van der Waals surface area contributed by atoms with Crippen LogP contribution in [0.15, 0.2) is 65.6 Å². The Hall–Kier alpha value is -3.66. The van der Waals surface area contributed by atoms with E-state index in [1.807, 2.05) is 0 Å². The van der Waals surface area contributed by atoms with Crippen molar-refractivity contribution in [3.63, 3.8) is 0 Å². The number of urea groups is 1. The predicted octanol–water partition coefficient (Wildman–Crippen LogP) is 5.02. The van der Waals surface area contributed by atoms with E-state index in [0.717, 1.165) is 12.1 Å². The maximum atomic E-state index is 12.6. The summed E-state index contributed by atoms with van der Waals surface area (Å²) in [6.45, 7) is 1.57. The molecule has 1 unspecified atom stereocenters. The minimum Gasteiger partial charge on any atom is -0.384 e. The number of amidine groups is 1. The van der Waals surface area contributed by atoms with Crippen LogP contribution in [-0.2, 0) is 17.2 Å². The summed E-state index contributed by atoms with van der Waals surface area (Å²) in [6, 6.07) is 14.7. The smallest absolute Gasteiger partial charge is 0.323 e. The largest absolute Gasteiger partial charge is 0.384 e. The number of anilines is 2. The first kappa shape index (κ1) is 25.6. The Labute approximate surface area is 192 Å². The molecule has 0 spiro atoms. The molecule has 0 saturated carbocycles. The molecule has 5 N–H and O–H groups in total. The molecule has 174 valence electrons. The van der Waals surface area contributed by atoms with Crippen LogP contribution in [0.3, 0.4) is 0 Å². The molecule has 0 bridgehead atoms. The van der Waals surface area contributed by atoms with Gasteiger partial charge in [-0.1, -0.05) is 6.92 Å². The van der Waals surface area contributed by atoms with Crippen molar-refractivity contribution in [3.05, 3.63) is 89.2 Å². The fraction of sp³-hybridized carbons (Fsp3) is 0.130. The Morgan fingerprint density at radius 1 is 0.909 bits per heavy atom. The van der Waals surface area contributed by atoms with Gasteiger partial charge in [-0.05, 0) is 67.1 Å². The molecule has 33 heavy (non-hydrogen) atoms. The standard InChI is InChI=1S/C15H16N4O2S.C8H7F3/c1-22(21)13-8-6-12(7-9-13)19-15(20)18-11-4-2-10(3-5-11)14(16)17;1-2-5-6(9)3-4-7(10)8(5)11/h2-9H,1H3,(H3,16,17)(H2,18,19,20);3-4H,2H2,1H3. The van der Waals surface area contributed by atoms with Gasteiger partial charge < -0.3 is 16.4 Å². The quantitative estimate of drug-likeness (QED) is 0.236. The molecule has 0 heterocycles. The van der Waals surface area contributed by atoms with Crippen LogP contribution < -0.4 is 16.4 Å². The summed E-state index contributed by atoms with van der Waals surface area (Å²) in [7, 11) is -1.04. The lowest BCUT2D eigenvalue weighted by Gasteiger charge is -2.08. The van der Waals surface area contributed by atoms with Crippen molar-refractivity contribution >= 4 is 34.0 Å². The van der Waals surface area contributed by atoms with E-state index in [4.69, 9.17) is 11.1 Å². The zero-order valence-corrected chi connectivity index (χ0v) is 18.7. The van der Waals surface area contributed by atoms with Crippen molar-refractivity contribution in [2.45, 2.75) is 18.2 Å². The number of benzene rings is 3. The lowest BCUT2D eigenvalue weighted by Crippen LogP contribution is -2.19. The van der Waals surface area contributed by atoms with Crippen LogP contribution in [0, 0.1) is 22.9 Å². The van der Waals surface area contributed by atoms with Gasteiger partial charge in [0.05, 0.1) is 0 Å². The van der Waals surface area contributed by atoms with E-state index in [1.165, 1.54) is 0 Å². The zero-order valence-electron chi connectivity index (χ0n) is 17.9. The van der Waals surface area contributed by atoms with E-state index in [2.05, 4.69) is 10.6 Å². The van der Waals surface area contributed by atoms with Gasteiger partial charge in [0.2, 0.25) is 0 Å². The van der Waals surface area contributed by atoms with Gasteiger partial charge in [-0.15, -0.1) is 0 Å². The van der Waals surface area contributed by atoms with Gasteiger partial charge in [0.25, 0.3) is 0 Å². The maximum absolute atomic E-state index is 12.6. The highest BCUT2D eigenvalue weighted by Gasteiger charge is 2.10. The maximum Gasteiger partial charge on any atom is 0.323 e. The summed E-state index contributed by atoms with van der Waals surface area (Å²) in [5.74, 6) is -2.79. The highest BCUT2D eigenvalue weighted by Crippen LogP contribution is 2.16. The van der Waals surface area contributed by atoms with E-state index in [0.29, 0.717) is 21.8 Å². The average molecular weight is 477 g/mol. The first-order chi connectivity index (χ1) is 15.6. The Balaban J connectivity index is 0.000000294. The molecule has 0 fully saturated rings. The minimum atomic E-state index is -1.08. The number of nitrogens with one attached hydrogen (secondary N) is 3. The van der Waals surface area contributed by atoms with Crippen LogP contribution in [0.25, 0.3) is 0 Å². The van der Waals surface area contributed by atoms with Gasteiger partial charge in [-0.25, -0.2) is 18.0 Å². The Morgan fingerprint density at radius 2 is 1.39 bits per heavy atom. The Morgan fingerprint density at radius 3 is 1.82 bits per heavy atom. The van der Waals surface area contributed by atoms with Gasteiger partial charge in [0.15, 0.2) is 11.6 Å². The van der Waals surface area contributed by atoms with Gasteiger partial charge in [0.1, 0.15) is 11.7 Å². The number of amides is 2. The first-order valence-corrected chi connectivity index (χ1v) is 11.3. The number of carbonyl (C=O) groups is 1. The Bertz CT molecular complexity index is 1090. The van der Waals surface area contributed by atoms with Crippen molar-refractivity contribution in [2.24, 2.45) is 5.73 Å². The number of rotatable bonds is 5. The van der Waals surface area contributed by atoms with E-state index in [9.17, 15) is 22.2 Å². The van der Waals surface area contributed by atoms with Crippen molar-refractivity contribution in [1.29, 1.82) is 5.41 Å². The Kier molecular flexibility index (Phi) is 9.17. The third-order valence-corrected chi connectivity index (χ3v) is 5.33. The van der Waals surface area contributed by atoms with E-state index in [1.54, 1.807) is 61.7 Å². The first-order valence-electron chi connectivity index (χ1n) is 9.70. The molecule has 0 aromatic heterocycles. The van der Waals surface area contributed by atoms with Crippen LogP contribution in [0.1, 0.15) is 18.1 Å². The number of nitrogen functional groups attached to an aromatic ring is 1. The van der Waals surface area contributed by atoms with Gasteiger partial charge >= 0.3 is 6.03 Å². The lowest BCUT2D eigenvalue weighted by molar-refractivity contribution is 0.262. The monoisotopic (exact) mass is 476 g/mol. The van der Waals surface area contributed by atoms with Crippen LogP contribution in [0.2, 0.25) is 0 Å². The fourth-order valence-corrected chi connectivity index (χ4v) is 3.17. The summed E-state index contributed by atoms with van der Waals surface area (Å²) in [6.07, 6.45) is 1.76. The van der Waals surface area contributed by atoms with Gasteiger partial charge in [-0.2, -0.15) is 0 Å². The number of carbonyl (C=O) groups excluding carboxylic acids is 1. The highest BCUT2D eigenvalue weighted by molar-refractivity contribution is 7.84. The van der Waals surface area contributed by atoms with E-state index in [-0.39, 0.29) is 23.9 Å². The van der Waals surface area contributed by atoms with E-state index < -0.39 is 28.3 Å². The summed E-state index contributed by atoms with van der Waals surface area (Å²) >= 11 is 0. The number of hydrogen-bond donors (Lipinski definition) is 4. The second kappa shape index (κ2) is 11.8. The molecular weight excluding hydrogens is 453 g/mol. The highest BCUT2D eigenvalue weighted by atomic mass is 32.2. The predicted molar refractivity (Wildman–Crippen MR) is 125 cm³/mol. The average Bonchev–Trinajstić information content (AvgIpc) is 2.78. The van der Waals surface area contributed by atoms with Crippen molar-refractivity contribution in [2.75, 3.05) is 16.9 Å². The van der Waals surface area contributed by atoms with Crippen LogP contribution in [0.4, 0.5) is 29.3 Å².